The first-order valence-electron chi connectivity index (χ1n) is 9.38. The average molecular weight is 402 g/mol. The van der Waals surface area contributed by atoms with Gasteiger partial charge in [-0.15, -0.1) is 0 Å². The zero-order chi connectivity index (χ0) is 21.5. The number of hydrogen-bond donors (Lipinski definition) is 1. The summed E-state index contributed by atoms with van der Waals surface area (Å²) in [6, 6.07) is 22.4. The Morgan fingerprint density at radius 3 is 2.10 bits per heavy atom. The van der Waals surface area contributed by atoms with Crippen LogP contribution in [0.3, 0.4) is 0 Å². The molecule has 3 aromatic carbocycles. The van der Waals surface area contributed by atoms with Gasteiger partial charge >= 0.3 is 0 Å². The second-order valence-electron chi connectivity index (χ2n) is 6.84. The first kappa shape index (κ1) is 20.8. The molecule has 0 fully saturated rings. The summed E-state index contributed by atoms with van der Waals surface area (Å²) in [4.78, 5) is 38.1. The Morgan fingerprint density at radius 2 is 1.43 bits per heavy atom. The molecule has 3 aromatic rings. The van der Waals surface area contributed by atoms with E-state index in [-0.39, 0.29) is 24.2 Å². The Hall–Kier alpha value is -3.93. The molecule has 0 saturated carbocycles. The number of hydrogen-bond acceptors (Lipinski definition) is 4. The standard InChI is InChI=1S/C24H22N2O4/c1-26(2)24(29)19-9-6-10-20(15-19)25-22(27)16-30-21-13-11-18(12-14-21)23(28)17-7-4-3-5-8-17/h3-15H,16H2,1-2H3,(H,25,27). The van der Waals surface area contributed by atoms with Gasteiger partial charge in [0.1, 0.15) is 5.75 Å². The second kappa shape index (κ2) is 9.52. The zero-order valence-electron chi connectivity index (χ0n) is 16.8. The van der Waals surface area contributed by atoms with E-state index in [9.17, 15) is 14.4 Å². The minimum Gasteiger partial charge on any atom is -0.484 e. The third-order valence-corrected chi connectivity index (χ3v) is 4.32. The van der Waals surface area contributed by atoms with E-state index in [0.717, 1.165) is 0 Å². The summed E-state index contributed by atoms with van der Waals surface area (Å²) >= 11 is 0. The van der Waals surface area contributed by atoms with Crippen molar-refractivity contribution < 1.29 is 19.1 Å². The highest BCUT2D eigenvalue weighted by Crippen LogP contribution is 2.16. The van der Waals surface area contributed by atoms with Crippen molar-refractivity contribution in [2.45, 2.75) is 0 Å². The number of nitrogens with zero attached hydrogens (tertiary/aromatic N) is 1. The number of carbonyl (C=O) groups is 3. The number of ether oxygens (including phenoxy) is 1. The van der Waals surface area contributed by atoms with Gasteiger partial charge < -0.3 is 15.0 Å². The van der Waals surface area contributed by atoms with Crippen molar-refractivity contribution in [2.75, 3.05) is 26.0 Å². The molecule has 3 rings (SSSR count). The van der Waals surface area contributed by atoms with Gasteiger partial charge in [0.25, 0.3) is 11.8 Å². The van der Waals surface area contributed by atoms with Crippen molar-refractivity contribution in [2.24, 2.45) is 0 Å². The van der Waals surface area contributed by atoms with Gasteiger partial charge in [0, 0.05) is 36.5 Å². The zero-order valence-corrected chi connectivity index (χ0v) is 16.8. The van der Waals surface area contributed by atoms with Crippen molar-refractivity contribution in [1.29, 1.82) is 0 Å². The van der Waals surface area contributed by atoms with E-state index in [2.05, 4.69) is 5.32 Å². The maximum absolute atomic E-state index is 12.4. The highest BCUT2D eigenvalue weighted by Gasteiger charge is 2.11. The lowest BCUT2D eigenvalue weighted by atomic mass is 10.0. The summed E-state index contributed by atoms with van der Waals surface area (Å²) in [5.41, 5.74) is 2.15. The molecular weight excluding hydrogens is 380 g/mol. The molecule has 1 N–H and O–H groups in total. The lowest BCUT2D eigenvalue weighted by Gasteiger charge is -2.12. The number of ketones is 1. The molecule has 0 spiro atoms. The Bertz CT molecular complexity index is 1040. The highest BCUT2D eigenvalue weighted by atomic mass is 16.5. The summed E-state index contributed by atoms with van der Waals surface area (Å²) in [5.74, 6) is -0.0975. The van der Waals surface area contributed by atoms with Crippen molar-refractivity contribution in [1.82, 2.24) is 4.90 Å². The number of rotatable bonds is 7. The predicted octanol–water partition coefficient (Wildman–Crippen LogP) is 3.64. The van der Waals surface area contributed by atoms with E-state index in [1.165, 1.54) is 4.90 Å². The topological polar surface area (TPSA) is 75.7 Å². The number of anilines is 1. The summed E-state index contributed by atoms with van der Waals surface area (Å²) in [6.07, 6.45) is 0. The van der Waals surface area contributed by atoms with Gasteiger partial charge in [0.05, 0.1) is 0 Å². The van der Waals surface area contributed by atoms with Gasteiger partial charge in [-0.25, -0.2) is 0 Å². The Labute approximate surface area is 175 Å². The third kappa shape index (κ3) is 5.32. The molecule has 0 saturated heterocycles. The van der Waals surface area contributed by atoms with Crippen molar-refractivity contribution >= 4 is 23.3 Å². The SMILES string of the molecule is CN(C)C(=O)c1cccc(NC(=O)COc2ccc(C(=O)c3ccccc3)cc2)c1. The van der Waals surface area contributed by atoms with Crippen LogP contribution in [0.5, 0.6) is 5.75 Å². The van der Waals surface area contributed by atoms with Crippen molar-refractivity contribution in [3.05, 3.63) is 95.6 Å². The van der Waals surface area contributed by atoms with Crippen LogP contribution in [0.4, 0.5) is 5.69 Å². The largest absolute Gasteiger partial charge is 0.484 e. The van der Waals surface area contributed by atoms with Gasteiger partial charge in [0.15, 0.2) is 12.4 Å². The summed E-state index contributed by atoms with van der Waals surface area (Å²) in [5, 5.41) is 2.71. The monoisotopic (exact) mass is 402 g/mol. The highest BCUT2D eigenvalue weighted by molar-refractivity contribution is 6.09. The summed E-state index contributed by atoms with van der Waals surface area (Å²) < 4.78 is 5.50. The van der Waals surface area contributed by atoms with Crippen LogP contribution in [0.1, 0.15) is 26.3 Å². The van der Waals surface area contributed by atoms with E-state index in [1.54, 1.807) is 74.8 Å². The number of benzene rings is 3. The fourth-order valence-corrected chi connectivity index (χ4v) is 2.79. The molecule has 0 aliphatic rings. The minimum absolute atomic E-state index is 0.0768. The van der Waals surface area contributed by atoms with Gasteiger partial charge in [0.2, 0.25) is 0 Å². The van der Waals surface area contributed by atoms with Crippen LogP contribution in [0, 0.1) is 0 Å². The lowest BCUT2D eigenvalue weighted by molar-refractivity contribution is -0.118. The molecular formula is C24H22N2O4. The van der Waals surface area contributed by atoms with Crippen LogP contribution in [-0.2, 0) is 4.79 Å². The molecule has 0 radical (unpaired) electrons. The molecule has 152 valence electrons. The maximum atomic E-state index is 12.4. The molecule has 0 bridgehead atoms. The summed E-state index contributed by atoms with van der Waals surface area (Å²) in [7, 11) is 3.33. The van der Waals surface area contributed by atoms with E-state index >= 15 is 0 Å². The molecule has 0 heterocycles. The van der Waals surface area contributed by atoms with Crippen LogP contribution in [0.25, 0.3) is 0 Å². The normalized spacial score (nSPS) is 10.2. The number of amides is 2. The fraction of sp³-hybridized carbons (Fsp3) is 0.125. The average Bonchev–Trinajstić information content (AvgIpc) is 2.77. The van der Waals surface area contributed by atoms with Crippen LogP contribution >= 0.6 is 0 Å². The predicted molar refractivity (Wildman–Crippen MR) is 115 cm³/mol. The molecule has 6 heteroatoms. The third-order valence-electron chi connectivity index (χ3n) is 4.32. The lowest BCUT2D eigenvalue weighted by Crippen LogP contribution is -2.23. The Kier molecular flexibility index (Phi) is 6.60. The molecule has 0 atom stereocenters. The van der Waals surface area contributed by atoms with Crippen LogP contribution < -0.4 is 10.1 Å². The first-order valence-corrected chi connectivity index (χ1v) is 9.38. The van der Waals surface area contributed by atoms with Gasteiger partial charge in [-0.2, -0.15) is 0 Å². The smallest absolute Gasteiger partial charge is 0.262 e. The van der Waals surface area contributed by atoms with E-state index in [0.29, 0.717) is 28.1 Å². The van der Waals surface area contributed by atoms with Gasteiger partial charge in [-0.1, -0.05) is 36.4 Å². The van der Waals surface area contributed by atoms with E-state index in [4.69, 9.17) is 4.74 Å². The molecule has 0 aromatic heterocycles. The van der Waals surface area contributed by atoms with Crippen LogP contribution in [-0.4, -0.2) is 43.2 Å². The number of nitrogens with one attached hydrogen (secondary N) is 1. The molecule has 0 unspecified atom stereocenters. The molecule has 0 aliphatic carbocycles. The van der Waals surface area contributed by atoms with Gasteiger partial charge in [-0.3, -0.25) is 14.4 Å². The minimum atomic E-state index is -0.353. The van der Waals surface area contributed by atoms with Crippen LogP contribution in [0.15, 0.2) is 78.9 Å². The fourth-order valence-electron chi connectivity index (χ4n) is 2.79. The van der Waals surface area contributed by atoms with E-state index in [1.807, 2.05) is 18.2 Å². The molecule has 0 aliphatic heterocycles. The first-order chi connectivity index (χ1) is 14.4. The molecule has 6 nitrogen and oxygen atoms in total. The maximum Gasteiger partial charge on any atom is 0.262 e. The summed E-state index contributed by atoms with van der Waals surface area (Å²) in [6.45, 7) is -0.197. The van der Waals surface area contributed by atoms with Crippen molar-refractivity contribution in [3.63, 3.8) is 0 Å². The Balaban J connectivity index is 1.56. The number of carbonyl (C=O) groups excluding carboxylic acids is 3. The quantitative estimate of drug-likeness (QED) is 0.612. The second-order valence-corrected chi connectivity index (χ2v) is 6.84. The van der Waals surface area contributed by atoms with Crippen molar-refractivity contribution in [3.8, 4) is 5.75 Å². The van der Waals surface area contributed by atoms with E-state index < -0.39 is 0 Å². The van der Waals surface area contributed by atoms with Gasteiger partial charge in [-0.05, 0) is 42.5 Å². The molecule has 2 amide bonds. The molecule has 30 heavy (non-hydrogen) atoms. The Morgan fingerprint density at radius 1 is 0.800 bits per heavy atom. The van der Waals surface area contributed by atoms with Crippen LogP contribution in [0.2, 0.25) is 0 Å².